The fourth-order valence-corrected chi connectivity index (χ4v) is 3.34. The van der Waals surface area contributed by atoms with E-state index in [9.17, 15) is 0 Å². The Bertz CT molecular complexity index is 592. The maximum atomic E-state index is 4.69. The number of likely N-dealkylation sites (tertiary alicyclic amines) is 1. The van der Waals surface area contributed by atoms with Crippen molar-refractivity contribution in [2.24, 2.45) is 0 Å². The minimum atomic E-state index is 0.531. The number of benzene rings is 1. The predicted molar refractivity (Wildman–Crippen MR) is 92.6 cm³/mol. The summed E-state index contributed by atoms with van der Waals surface area (Å²) >= 11 is 0. The van der Waals surface area contributed by atoms with Crippen LogP contribution in [0.4, 0.5) is 11.5 Å². The lowest BCUT2D eigenvalue weighted by molar-refractivity contribution is 0.205. The highest BCUT2D eigenvalue weighted by Gasteiger charge is 2.27. The van der Waals surface area contributed by atoms with Gasteiger partial charge in [-0.2, -0.15) is 0 Å². The molecular weight excluding hydrogens is 270 g/mol. The Labute approximate surface area is 133 Å². The summed E-state index contributed by atoms with van der Waals surface area (Å²) in [5.74, 6) is 0.990. The fourth-order valence-electron chi connectivity index (χ4n) is 3.34. The molecule has 0 unspecified atom stereocenters. The molecule has 22 heavy (non-hydrogen) atoms. The topological polar surface area (TPSA) is 19.4 Å². The quantitative estimate of drug-likeness (QED) is 0.833. The van der Waals surface area contributed by atoms with E-state index >= 15 is 0 Å². The van der Waals surface area contributed by atoms with E-state index in [1.807, 2.05) is 6.07 Å². The van der Waals surface area contributed by atoms with Gasteiger partial charge in [0.25, 0.3) is 0 Å². The molecule has 0 bridgehead atoms. The van der Waals surface area contributed by atoms with Crippen molar-refractivity contribution in [1.82, 2.24) is 9.88 Å². The summed E-state index contributed by atoms with van der Waals surface area (Å²) in [5.41, 5.74) is 2.50. The summed E-state index contributed by atoms with van der Waals surface area (Å²) in [7, 11) is 2.06. The minimum Gasteiger partial charge on any atom is -0.329 e. The van der Waals surface area contributed by atoms with Crippen LogP contribution >= 0.6 is 0 Å². The van der Waals surface area contributed by atoms with Gasteiger partial charge in [0.2, 0.25) is 0 Å². The molecule has 0 aliphatic carbocycles. The molecule has 1 aliphatic heterocycles. The Morgan fingerprint density at radius 2 is 1.91 bits per heavy atom. The average molecular weight is 295 g/mol. The molecular formula is C19H25N3. The van der Waals surface area contributed by atoms with Gasteiger partial charge >= 0.3 is 0 Å². The molecule has 0 spiro atoms. The second-order valence-corrected chi connectivity index (χ2v) is 6.33. The first-order valence-corrected chi connectivity index (χ1v) is 8.17. The van der Waals surface area contributed by atoms with Crippen LogP contribution in [0.25, 0.3) is 0 Å². The predicted octanol–water partition coefficient (Wildman–Crippen LogP) is 4.39. The van der Waals surface area contributed by atoms with Crippen LogP contribution in [0.5, 0.6) is 0 Å². The second-order valence-electron chi connectivity index (χ2n) is 6.33. The van der Waals surface area contributed by atoms with Crippen LogP contribution in [0.3, 0.4) is 0 Å². The van der Waals surface area contributed by atoms with Gasteiger partial charge in [-0.1, -0.05) is 24.3 Å². The summed E-state index contributed by atoms with van der Waals surface area (Å²) in [6.45, 7) is 5.76. The van der Waals surface area contributed by atoms with Gasteiger partial charge in [0, 0.05) is 31.0 Å². The SMILES string of the molecule is CC(C)N1CCC[C@@H]1c1ccc(N(C)c2ccccc2)nc1. The Balaban J connectivity index is 1.78. The monoisotopic (exact) mass is 295 g/mol. The molecule has 1 aromatic heterocycles. The smallest absolute Gasteiger partial charge is 0.132 e. The Kier molecular flexibility index (Phi) is 4.44. The molecule has 0 N–H and O–H groups in total. The number of nitrogens with zero attached hydrogens (tertiary/aromatic N) is 3. The van der Waals surface area contributed by atoms with Crippen molar-refractivity contribution in [3.63, 3.8) is 0 Å². The van der Waals surface area contributed by atoms with Gasteiger partial charge in [-0.3, -0.25) is 4.90 Å². The van der Waals surface area contributed by atoms with E-state index in [0.29, 0.717) is 12.1 Å². The average Bonchev–Trinajstić information content (AvgIpc) is 3.05. The third-order valence-electron chi connectivity index (χ3n) is 4.60. The van der Waals surface area contributed by atoms with Crippen molar-refractivity contribution in [3.8, 4) is 0 Å². The lowest BCUT2D eigenvalue weighted by atomic mass is 10.1. The highest BCUT2D eigenvalue weighted by atomic mass is 15.2. The maximum absolute atomic E-state index is 4.69. The Morgan fingerprint density at radius 1 is 1.14 bits per heavy atom. The van der Waals surface area contributed by atoms with Crippen molar-refractivity contribution in [2.75, 3.05) is 18.5 Å². The molecule has 1 fully saturated rings. The van der Waals surface area contributed by atoms with Crippen molar-refractivity contribution < 1.29 is 0 Å². The zero-order valence-corrected chi connectivity index (χ0v) is 13.7. The van der Waals surface area contributed by atoms with Crippen LogP contribution in [0, 0.1) is 0 Å². The first kappa shape index (κ1) is 15.0. The van der Waals surface area contributed by atoms with E-state index in [4.69, 9.17) is 4.98 Å². The van der Waals surface area contributed by atoms with Crippen molar-refractivity contribution in [1.29, 1.82) is 0 Å². The van der Waals surface area contributed by atoms with Crippen LogP contribution in [-0.4, -0.2) is 29.5 Å². The number of aromatic nitrogens is 1. The first-order chi connectivity index (χ1) is 10.7. The third kappa shape index (κ3) is 3.00. The normalized spacial score (nSPS) is 18.8. The standard InChI is InChI=1S/C19H25N3/c1-15(2)22-13-7-10-18(22)16-11-12-19(20-14-16)21(3)17-8-5-4-6-9-17/h4-6,8-9,11-12,14-15,18H,7,10,13H2,1-3H3/t18-/m1/s1. The Morgan fingerprint density at radius 3 is 2.55 bits per heavy atom. The van der Waals surface area contributed by atoms with Gasteiger partial charge in [-0.15, -0.1) is 0 Å². The lowest BCUT2D eigenvalue weighted by Gasteiger charge is -2.28. The van der Waals surface area contributed by atoms with Crippen LogP contribution in [0.1, 0.15) is 38.3 Å². The van der Waals surface area contributed by atoms with Crippen LogP contribution in [0.15, 0.2) is 48.7 Å². The number of para-hydroxylation sites is 1. The number of hydrogen-bond donors (Lipinski definition) is 0. The van der Waals surface area contributed by atoms with Crippen LogP contribution in [0.2, 0.25) is 0 Å². The van der Waals surface area contributed by atoms with E-state index in [1.54, 1.807) is 0 Å². The molecule has 3 rings (SSSR count). The molecule has 0 radical (unpaired) electrons. The van der Waals surface area contributed by atoms with E-state index < -0.39 is 0 Å². The van der Waals surface area contributed by atoms with Crippen molar-refractivity contribution in [3.05, 3.63) is 54.2 Å². The molecule has 3 nitrogen and oxygen atoms in total. The molecule has 3 heteroatoms. The summed E-state index contributed by atoms with van der Waals surface area (Å²) < 4.78 is 0. The number of hydrogen-bond acceptors (Lipinski definition) is 3. The summed E-state index contributed by atoms with van der Waals surface area (Å²) in [4.78, 5) is 9.40. The second kappa shape index (κ2) is 6.49. The van der Waals surface area contributed by atoms with Gasteiger partial charge in [0.1, 0.15) is 5.82 Å². The minimum absolute atomic E-state index is 0.531. The zero-order valence-electron chi connectivity index (χ0n) is 13.7. The van der Waals surface area contributed by atoms with E-state index in [-0.39, 0.29) is 0 Å². The number of rotatable bonds is 4. The highest BCUT2D eigenvalue weighted by Crippen LogP contribution is 2.33. The molecule has 1 aliphatic rings. The van der Waals surface area contributed by atoms with Gasteiger partial charge in [-0.05, 0) is 57.0 Å². The molecule has 0 saturated carbocycles. The molecule has 1 saturated heterocycles. The van der Waals surface area contributed by atoms with E-state index in [2.05, 4.69) is 73.3 Å². The number of pyridine rings is 1. The van der Waals surface area contributed by atoms with Gasteiger partial charge in [-0.25, -0.2) is 4.98 Å². The molecule has 2 aromatic rings. The van der Waals surface area contributed by atoms with Crippen LogP contribution < -0.4 is 4.90 Å². The molecule has 0 amide bonds. The molecule has 1 atom stereocenters. The van der Waals surface area contributed by atoms with Gasteiger partial charge in [0.05, 0.1) is 0 Å². The van der Waals surface area contributed by atoms with Crippen molar-refractivity contribution >= 4 is 11.5 Å². The first-order valence-electron chi connectivity index (χ1n) is 8.17. The largest absolute Gasteiger partial charge is 0.329 e. The van der Waals surface area contributed by atoms with E-state index in [0.717, 1.165) is 11.5 Å². The molecule has 1 aromatic carbocycles. The summed E-state index contributed by atoms with van der Waals surface area (Å²) in [5, 5.41) is 0. The zero-order chi connectivity index (χ0) is 15.5. The molecule has 116 valence electrons. The van der Waals surface area contributed by atoms with Crippen LogP contribution in [-0.2, 0) is 0 Å². The summed E-state index contributed by atoms with van der Waals surface area (Å²) in [6.07, 6.45) is 4.59. The van der Waals surface area contributed by atoms with Gasteiger partial charge in [0.15, 0.2) is 0 Å². The third-order valence-corrected chi connectivity index (χ3v) is 4.60. The van der Waals surface area contributed by atoms with Gasteiger partial charge < -0.3 is 4.90 Å². The summed E-state index contributed by atoms with van der Waals surface area (Å²) in [6, 6.07) is 15.9. The number of anilines is 2. The fraction of sp³-hybridized carbons (Fsp3) is 0.421. The van der Waals surface area contributed by atoms with Crippen molar-refractivity contribution in [2.45, 2.75) is 38.8 Å². The molecule has 2 heterocycles. The maximum Gasteiger partial charge on any atom is 0.132 e. The highest BCUT2D eigenvalue weighted by molar-refractivity contribution is 5.58. The Hall–Kier alpha value is -1.87. The van der Waals surface area contributed by atoms with E-state index in [1.165, 1.54) is 24.9 Å². The lowest BCUT2D eigenvalue weighted by Crippen LogP contribution is -2.30.